The lowest BCUT2D eigenvalue weighted by atomic mass is 10.2. The van der Waals surface area contributed by atoms with E-state index in [0.29, 0.717) is 20.7 Å². The fraction of sp³-hybridized carbons (Fsp3) is 0.211. The number of carbonyl (C=O) groups excluding carboxylic acids is 3. The first-order valence-corrected chi connectivity index (χ1v) is 11.6. The monoisotopic (exact) mass is 462 g/mol. The van der Waals surface area contributed by atoms with Crippen molar-refractivity contribution in [3.8, 4) is 0 Å². The van der Waals surface area contributed by atoms with Crippen molar-refractivity contribution >= 4 is 63.0 Å². The van der Waals surface area contributed by atoms with Crippen LogP contribution in [0.5, 0.6) is 0 Å². The number of hydrogen-bond donors (Lipinski definition) is 2. The number of hydrogen-bond acceptors (Lipinski definition) is 9. The third-order valence-corrected chi connectivity index (χ3v) is 6.44. The average molecular weight is 463 g/mol. The van der Waals surface area contributed by atoms with E-state index in [0.717, 1.165) is 4.88 Å². The van der Waals surface area contributed by atoms with Crippen LogP contribution in [0.25, 0.3) is 0 Å². The maximum atomic E-state index is 12.3. The molecule has 156 valence electrons. The molecule has 1 aromatic carbocycles. The van der Waals surface area contributed by atoms with Crippen molar-refractivity contribution < 1.29 is 19.1 Å². The van der Waals surface area contributed by atoms with Crippen LogP contribution in [0.4, 0.5) is 10.8 Å². The van der Waals surface area contributed by atoms with E-state index in [1.54, 1.807) is 31.2 Å². The number of esters is 1. The molecule has 0 aliphatic heterocycles. The number of aromatic nitrogens is 2. The summed E-state index contributed by atoms with van der Waals surface area (Å²) < 4.78 is 5.55. The summed E-state index contributed by atoms with van der Waals surface area (Å²) in [7, 11) is 0. The molecule has 0 unspecified atom stereocenters. The number of benzene rings is 1. The quantitative estimate of drug-likeness (QED) is 0.283. The number of nitrogens with zero attached hydrogens (tertiary/aromatic N) is 2. The molecule has 11 heteroatoms. The van der Waals surface area contributed by atoms with Crippen LogP contribution in [0.2, 0.25) is 0 Å². The summed E-state index contributed by atoms with van der Waals surface area (Å²) in [5.41, 5.74) is 0.685. The Morgan fingerprint density at radius 3 is 2.67 bits per heavy atom. The molecular formula is C19H18N4O4S3. The summed E-state index contributed by atoms with van der Waals surface area (Å²) in [5.74, 6) is -0.878. The third kappa shape index (κ3) is 6.37. The van der Waals surface area contributed by atoms with Crippen LogP contribution >= 0.6 is 34.4 Å². The van der Waals surface area contributed by atoms with Gasteiger partial charge in [0.2, 0.25) is 16.9 Å². The number of thioether (sulfide) groups is 1. The molecule has 0 aliphatic carbocycles. The third-order valence-electron chi connectivity index (χ3n) is 3.59. The van der Waals surface area contributed by atoms with Crippen molar-refractivity contribution in [2.24, 2.45) is 0 Å². The van der Waals surface area contributed by atoms with E-state index in [-0.39, 0.29) is 30.6 Å². The largest absolute Gasteiger partial charge is 0.462 e. The number of thiophene rings is 1. The molecule has 0 radical (unpaired) electrons. The van der Waals surface area contributed by atoms with Gasteiger partial charge in [0, 0.05) is 4.88 Å². The van der Waals surface area contributed by atoms with E-state index >= 15 is 0 Å². The van der Waals surface area contributed by atoms with Crippen molar-refractivity contribution in [3.05, 3.63) is 52.2 Å². The minimum atomic E-state index is -0.492. The zero-order chi connectivity index (χ0) is 21.3. The molecule has 3 rings (SSSR count). The summed E-state index contributed by atoms with van der Waals surface area (Å²) >= 11 is 3.90. The van der Waals surface area contributed by atoms with Gasteiger partial charge < -0.3 is 15.4 Å². The Balaban J connectivity index is 1.50. The highest BCUT2D eigenvalue weighted by Crippen LogP contribution is 2.26. The summed E-state index contributed by atoms with van der Waals surface area (Å²) in [6.45, 7) is 1.97. The molecule has 0 bridgehead atoms. The lowest BCUT2D eigenvalue weighted by Crippen LogP contribution is -2.17. The molecule has 0 fully saturated rings. The summed E-state index contributed by atoms with van der Waals surface area (Å²) in [6, 6.07) is 10.4. The number of carbonyl (C=O) groups is 3. The van der Waals surface area contributed by atoms with Gasteiger partial charge in [-0.2, -0.15) is 0 Å². The highest BCUT2D eigenvalue weighted by molar-refractivity contribution is 8.01. The van der Waals surface area contributed by atoms with Gasteiger partial charge in [-0.05, 0) is 30.5 Å². The minimum absolute atomic E-state index is 0.0783. The summed E-state index contributed by atoms with van der Waals surface area (Å²) in [4.78, 5) is 37.3. The Morgan fingerprint density at radius 2 is 1.90 bits per heavy atom. The number of amides is 2. The molecule has 0 saturated carbocycles. The first-order chi connectivity index (χ1) is 14.5. The SMILES string of the molecule is CCOC(=O)c1ccccc1NC(=O)CSc1nnc(NC(=O)Cc2cccs2)s1. The van der Waals surface area contributed by atoms with Crippen molar-refractivity contribution in [1.29, 1.82) is 0 Å². The van der Waals surface area contributed by atoms with E-state index in [1.807, 2.05) is 17.5 Å². The Hall–Kier alpha value is -2.76. The van der Waals surface area contributed by atoms with Crippen molar-refractivity contribution in [2.45, 2.75) is 17.7 Å². The van der Waals surface area contributed by atoms with Gasteiger partial charge in [0.05, 0.1) is 30.0 Å². The number of para-hydroxylation sites is 1. The fourth-order valence-electron chi connectivity index (χ4n) is 2.35. The number of ether oxygens (including phenoxy) is 1. The Bertz CT molecular complexity index is 1020. The molecule has 0 spiro atoms. The van der Waals surface area contributed by atoms with Gasteiger partial charge in [0.1, 0.15) is 0 Å². The Kier molecular flexibility index (Phi) is 7.94. The number of rotatable bonds is 9. The van der Waals surface area contributed by atoms with Crippen LogP contribution in [-0.2, 0) is 20.7 Å². The molecular weight excluding hydrogens is 444 g/mol. The number of anilines is 2. The molecule has 2 heterocycles. The average Bonchev–Trinajstić information content (AvgIpc) is 3.39. The van der Waals surface area contributed by atoms with Crippen molar-refractivity contribution in [3.63, 3.8) is 0 Å². The van der Waals surface area contributed by atoms with Crippen LogP contribution in [0.3, 0.4) is 0 Å². The van der Waals surface area contributed by atoms with Gasteiger partial charge in [-0.1, -0.05) is 41.3 Å². The highest BCUT2D eigenvalue weighted by Gasteiger charge is 2.15. The predicted octanol–water partition coefficient (Wildman–Crippen LogP) is 3.69. The molecule has 30 heavy (non-hydrogen) atoms. The molecule has 2 N–H and O–H groups in total. The van der Waals surface area contributed by atoms with E-state index in [9.17, 15) is 14.4 Å². The first-order valence-electron chi connectivity index (χ1n) is 8.89. The fourth-order valence-corrected chi connectivity index (χ4v) is 4.62. The maximum absolute atomic E-state index is 12.3. The summed E-state index contributed by atoms with van der Waals surface area (Å²) in [5, 5.41) is 15.6. The van der Waals surface area contributed by atoms with E-state index in [1.165, 1.54) is 34.4 Å². The minimum Gasteiger partial charge on any atom is -0.462 e. The summed E-state index contributed by atoms with van der Waals surface area (Å²) in [6.07, 6.45) is 0.280. The highest BCUT2D eigenvalue weighted by atomic mass is 32.2. The first kappa shape index (κ1) is 21.9. The van der Waals surface area contributed by atoms with Gasteiger partial charge in [0.25, 0.3) is 0 Å². The van der Waals surface area contributed by atoms with E-state index in [4.69, 9.17) is 4.74 Å². The van der Waals surface area contributed by atoms with Gasteiger partial charge >= 0.3 is 5.97 Å². The Labute approximate surface area is 185 Å². The van der Waals surface area contributed by atoms with Gasteiger partial charge in [-0.25, -0.2) is 4.79 Å². The van der Waals surface area contributed by atoms with Gasteiger partial charge in [-0.15, -0.1) is 21.5 Å². The van der Waals surface area contributed by atoms with Crippen LogP contribution < -0.4 is 10.6 Å². The molecule has 0 saturated heterocycles. The van der Waals surface area contributed by atoms with Crippen LogP contribution in [0.1, 0.15) is 22.2 Å². The second-order valence-electron chi connectivity index (χ2n) is 5.78. The number of nitrogens with one attached hydrogen (secondary N) is 2. The lowest BCUT2D eigenvalue weighted by Gasteiger charge is -2.09. The van der Waals surface area contributed by atoms with Crippen LogP contribution in [0, 0.1) is 0 Å². The molecule has 8 nitrogen and oxygen atoms in total. The predicted molar refractivity (Wildman–Crippen MR) is 118 cm³/mol. The molecule has 2 aromatic heterocycles. The second-order valence-corrected chi connectivity index (χ2v) is 9.01. The second kappa shape index (κ2) is 10.9. The van der Waals surface area contributed by atoms with Gasteiger partial charge in [0.15, 0.2) is 4.34 Å². The van der Waals surface area contributed by atoms with Crippen molar-refractivity contribution in [1.82, 2.24) is 10.2 Å². The molecule has 0 aliphatic rings. The standard InChI is InChI=1S/C19H18N4O4S3/c1-2-27-17(26)13-7-3-4-8-14(13)20-16(25)11-29-19-23-22-18(30-19)21-15(24)10-12-6-5-9-28-12/h3-9H,2,10-11H2,1H3,(H,20,25)(H,21,22,24). The lowest BCUT2D eigenvalue weighted by molar-refractivity contribution is -0.115. The Morgan fingerprint density at radius 1 is 1.07 bits per heavy atom. The maximum Gasteiger partial charge on any atom is 0.340 e. The van der Waals surface area contributed by atoms with E-state index < -0.39 is 5.97 Å². The topological polar surface area (TPSA) is 110 Å². The van der Waals surface area contributed by atoms with Gasteiger partial charge in [-0.3, -0.25) is 9.59 Å². The van der Waals surface area contributed by atoms with Crippen molar-refractivity contribution in [2.75, 3.05) is 23.0 Å². The normalized spacial score (nSPS) is 10.4. The zero-order valence-corrected chi connectivity index (χ0v) is 18.4. The van der Waals surface area contributed by atoms with Crippen LogP contribution in [-0.4, -0.2) is 40.3 Å². The molecule has 3 aromatic rings. The van der Waals surface area contributed by atoms with Crippen LogP contribution in [0.15, 0.2) is 46.1 Å². The molecule has 2 amide bonds. The van der Waals surface area contributed by atoms with E-state index in [2.05, 4.69) is 20.8 Å². The zero-order valence-electron chi connectivity index (χ0n) is 15.9. The molecule has 0 atom stereocenters. The smallest absolute Gasteiger partial charge is 0.340 e.